The normalized spacial score (nSPS) is 34.5. The van der Waals surface area contributed by atoms with E-state index in [1.807, 2.05) is 11.0 Å². The van der Waals surface area contributed by atoms with E-state index >= 15 is 0 Å². The molecule has 1 aromatic rings. The molecule has 0 unspecified atom stereocenters. The molecule has 2 saturated carbocycles. The van der Waals surface area contributed by atoms with Crippen molar-refractivity contribution in [3.05, 3.63) is 29.3 Å². The Balaban J connectivity index is 1.39. The number of nitrogens with zero attached hydrogens (tertiary/aromatic N) is 3. The molecule has 2 bridgehead atoms. The number of hydrogen-bond acceptors (Lipinski definition) is 6. The Kier molecular flexibility index (Phi) is 6.49. The lowest BCUT2D eigenvalue weighted by molar-refractivity contribution is -0.185. The van der Waals surface area contributed by atoms with Gasteiger partial charge in [0.1, 0.15) is 18.0 Å². The van der Waals surface area contributed by atoms with Crippen LogP contribution in [0.1, 0.15) is 49.7 Å². The molecule has 1 aromatic carbocycles. The van der Waals surface area contributed by atoms with Crippen LogP contribution in [0.2, 0.25) is 25.7 Å². The molecule has 9 heteroatoms. The first kappa shape index (κ1) is 27.2. The number of hydrogen-bond donors (Lipinski definition) is 1. The Hall–Kier alpha value is -1.94. The van der Waals surface area contributed by atoms with Crippen molar-refractivity contribution < 1.29 is 24.2 Å². The van der Waals surface area contributed by atoms with E-state index in [0.717, 1.165) is 49.6 Å². The highest BCUT2D eigenvalue weighted by atomic mass is 28.3. The molecule has 6 rings (SSSR count). The zero-order valence-electron chi connectivity index (χ0n) is 24.3. The van der Waals surface area contributed by atoms with Crippen LogP contribution >= 0.6 is 0 Å². The third-order valence-electron chi connectivity index (χ3n) is 10.5. The van der Waals surface area contributed by atoms with Gasteiger partial charge in [0.15, 0.2) is 0 Å². The number of piperidine rings is 1. The minimum absolute atomic E-state index is 0.0120. The van der Waals surface area contributed by atoms with Gasteiger partial charge in [-0.1, -0.05) is 25.7 Å². The fraction of sp³-hybridized carbons (Fsp3) is 0.733. The van der Waals surface area contributed by atoms with Gasteiger partial charge in [0.25, 0.3) is 5.91 Å². The SMILES string of the molecule is COc1ccc2c(c1)[C@]13CCN(C)[C@H](C2)[C@]1(O)CC[C@]1(C3)C(=O)N(COCC[Si](C)(C)C)C(=O)N1CC1CC1. The summed E-state index contributed by atoms with van der Waals surface area (Å²) in [5.41, 5.74) is -0.237. The number of benzene rings is 1. The van der Waals surface area contributed by atoms with Gasteiger partial charge in [0.2, 0.25) is 0 Å². The predicted octanol–water partition coefficient (Wildman–Crippen LogP) is 3.83. The summed E-state index contributed by atoms with van der Waals surface area (Å²) in [7, 11) is 2.49. The molecule has 3 amide bonds. The van der Waals surface area contributed by atoms with Crippen molar-refractivity contribution in [2.75, 3.05) is 40.6 Å². The maximum Gasteiger partial charge on any atom is 0.329 e. The van der Waals surface area contributed by atoms with E-state index in [2.05, 4.69) is 43.7 Å². The minimum Gasteiger partial charge on any atom is -0.497 e. The van der Waals surface area contributed by atoms with Crippen LogP contribution in [0, 0.1) is 5.92 Å². The first-order valence-corrected chi connectivity index (χ1v) is 18.5. The van der Waals surface area contributed by atoms with E-state index < -0.39 is 24.6 Å². The first-order valence-electron chi connectivity index (χ1n) is 14.8. The molecule has 3 aliphatic carbocycles. The van der Waals surface area contributed by atoms with Crippen LogP contribution in [0.15, 0.2) is 18.2 Å². The molecule has 4 fully saturated rings. The number of methoxy groups -OCH3 is 1. The molecule has 2 aliphatic heterocycles. The standard InChI is InChI=1S/C30H45N3O5Si/c1-31-13-12-28-19-29(10-11-30(28,36)25(31)16-22-8-9-23(37-2)17-24(22)28)26(34)32(20-38-14-15-39(3,4)5)27(35)33(29)18-21-6-7-21/h8-9,17,21,25,36H,6-7,10-16,18-20H2,1-5H3/t25-,28-,29+,30-/m1/s1. The monoisotopic (exact) mass is 555 g/mol. The van der Waals surface area contributed by atoms with Crippen LogP contribution in [-0.2, 0) is 21.4 Å². The van der Waals surface area contributed by atoms with Crippen molar-refractivity contribution in [2.45, 2.75) is 93.2 Å². The molecular formula is C30H45N3O5Si. The Labute approximate surface area is 233 Å². The molecular weight excluding hydrogens is 510 g/mol. The van der Waals surface area contributed by atoms with Gasteiger partial charge < -0.3 is 24.4 Å². The molecule has 2 heterocycles. The number of rotatable bonds is 8. The van der Waals surface area contributed by atoms with Crippen LogP contribution in [-0.4, -0.2) is 97.6 Å². The van der Waals surface area contributed by atoms with E-state index in [4.69, 9.17) is 9.47 Å². The second-order valence-corrected chi connectivity index (χ2v) is 19.7. The molecule has 1 N–H and O–H groups in total. The Morgan fingerprint density at radius 3 is 2.59 bits per heavy atom. The van der Waals surface area contributed by atoms with E-state index in [1.54, 1.807) is 7.11 Å². The van der Waals surface area contributed by atoms with Gasteiger partial charge in [-0.25, -0.2) is 9.69 Å². The van der Waals surface area contributed by atoms with Crippen LogP contribution in [0.4, 0.5) is 4.79 Å². The number of fused-ring (bicyclic) bond motifs is 1. The van der Waals surface area contributed by atoms with Gasteiger partial charge in [0.05, 0.1) is 12.7 Å². The quantitative estimate of drug-likeness (QED) is 0.298. The minimum atomic E-state index is -1.29. The number of carbonyl (C=O) groups excluding carboxylic acids is 2. The third-order valence-corrected chi connectivity index (χ3v) is 12.2. The fourth-order valence-electron chi connectivity index (χ4n) is 8.01. The Morgan fingerprint density at radius 1 is 1.13 bits per heavy atom. The van der Waals surface area contributed by atoms with Crippen molar-refractivity contribution in [1.29, 1.82) is 0 Å². The van der Waals surface area contributed by atoms with Crippen LogP contribution < -0.4 is 4.74 Å². The fourth-order valence-corrected chi connectivity index (χ4v) is 8.77. The number of imide groups is 1. The van der Waals surface area contributed by atoms with E-state index in [1.165, 1.54) is 10.5 Å². The van der Waals surface area contributed by atoms with Crippen molar-refractivity contribution >= 4 is 20.0 Å². The van der Waals surface area contributed by atoms with Crippen LogP contribution in [0.25, 0.3) is 0 Å². The number of likely N-dealkylation sites (tertiary alicyclic amines) is 1. The molecule has 4 atom stereocenters. The lowest BCUT2D eigenvalue weighted by atomic mass is 9.46. The average molecular weight is 556 g/mol. The van der Waals surface area contributed by atoms with Crippen molar-refractivity contribution in [3.8, 4) is 5.75 Å². The molecule has 214 valence electrons. The maximum absolute atomic E-state index is 14.4. The van der Waals surface area contributed by atoms with Crippen molar-refractivity contribution in [2.24, 2.45) is 5.92 Å². The summed E-state index contributed by atoms with van der Waals surface area (Å²) in [5, 5.41) is 12.6. The Bertz CT molecular complexity index is 1170. The summed E-state index contributed by atoms with van der Waals surface area (Å²) in [5.74, 6) is 1.08. The van der Waals surface area contributed by atoms with E-state index in [-0.39, 0.29) is 24.7 Å². The highest BCUT2D eigenvalue weighted by Crippen LogP contribution is 2.62. The number of aliphatic hydroxyl groups is 1. The Morgan fingerprint density at radius 2 is 1.90 bits per heavy atom. The molecule has 1 spiro atoms. The van der Waals surface area contributed by atoms with Crippen molar-refractivity contribution in [3.63, 3.8) is 0 Å². The first-order chi connectivity index (χ1) is 18.4. The number of likely N-dealkylation sites (N-methyl/N-ethyl adjacent to an activating group) is 1. The summed E-state index contributed by atoms with van der Waals surface area (Å²) in [6, 6.07) is 6.97. The highest BCUT2D eigenvalue weighted by molar-refractivity contribution is 6.76. The molecule has 0 aromatic heterocycles. The van der Waals surface area contributed by atoms with Crippen LogP contribution in [0.3, 0.4) is 0 Å². The highest BCUT2D eigenvalue weighted by Gasteiger charge is 2.71. The van der Waals surface area contributed by atoms with Gasteiger partial charge in [-0.2, -0.15) is 0 Å². The van der Waals surface area contributed by atoms with Crippen molar-refractivity contribution in [1.82, 2.24) is 14.7 Å². The second kappa shape index (κ2) is 9.29. The summed E-state index contributed by atoms with van der Waals surface area (Å²) in [6.07, 6.45) is 5.14. The van der Waals surface area contributed by atoms with Gasteiger partial charge in [-0.3, -0.25) is 4.79 Å². The maximum atomic E-state index is 14.4. The molecule has 5 aliphatic rings. The van der Waals surface area contributed by atoms with Gasteiger partial charge >= 0.3 is 6.03 Å². The van der Waals surface area contributed by atoms with Gasteiger partial charge in [-0.15, -0.1) is 0 Å². The van der Waals surface area contributed by atoms with E-state index in [9.17, 15) is 14.7 Å². The van der Waals surface area contributed by atoms with Gasteiger partial charge in [-0.05, 0) is 93.8 Å². The molecule has 8 nitrogen and oxygen atoms in total. The lowest BCUT2D eigenvalue weighted by Gasteiger charge is -2.66. The second-order valence-electron chi connectivity index (χ2n) is 14.1. The summed E-state index contributed by atoms with van der Waals surface area (Å²) >= 11 is 0. The average Bonchev–Trinajstić information content (AvgIpc) is 3.69. The largest absolute Gasteiger partial charge is 0.497 e. The van der Waals surface area contributed by atoms with E-state index in [0.29, 0.717) is 38.3 Å². The molecule has 39 heavy (non-hydrogen) atoms. The number of amides is 3. The summed E-state index contributed by atoms with van der Waals surface area (Å²) in [6.45, 7) is 8.91. The third kappa shape index (κ3) is 4.18. The molecule has 2 saturated heterocycles. The smallest absolute Gasteiger partial charge is 0.329 e. The topological polar surface area (TPSA) is 82.5 Å². The summed E-state index contributed by atoms with van der Waals surface area (Å²) < 4.78 is 11.6. The lowest BCUT2D eigenvalue weighted by Crippen LogP contribution is -2.76. The predicted molar refractivity (Wildman–Crippen MR) is 152 cm³/mol. The van der Waals surface area contributed by atoms with Gasteiger partial charge in [0, 0.05) is 32.7 Å². The number of ether oxygens (including phenoxy) is 2. The summed E-state index contributed by atoms with van der Waals surface area (Å²) in [4.78, 5) is 33.9. The zero-order valence-corrected chi connectivity index (χ0v) is 25.3. The van der Waals surface area contributed by atoms with Crippen LogP contribution in [0.5, 0.6) is 5.75 Å². The number of carbonyl (C=O) groups is 2. The number of urea groups is 1. The zero-order chi connectivity index (χ0) is 27.8. The molecule has 0 radical (unpaired) electrons.